The van der Waals surface area contributed by atoms with Gasteiger partial charge in [0.25, 0.3) is 0 Å². The summed E-state index contributed by atoms with van der Waals surface area (Å²) in [4.78, 5) is 4.43. The highest BCUT2D eigenvalue weighted by Gasteiger charge is 2.10. The molecule has 0 unspecified atom stereocenters. The summed E-state index contributed by atoms with van der Waals surface area (Å²) in [6.07, 6.45) is 0. The Hall–Kier alpha value is -1.78. The average molecular weight is 278 g/mol. The number of thiazole rings is 1. The van der Waals surface area contributed by atoms with E-state index in [-0.39, 0.29) is 11.5 Å². The second-order valence-electron chi connectivity index (χ2n) is 3.84. The fourth-order valence-electron chi connectivity index (χ4n) is 1.71. The molecule has 1 heterocycles. The lowest BCUT2D eigenvalue weighted by Crippen LogP contribution is -1.74. The van der Waals surface area contributed by atoms with Crippen LogP contribution in [0.1, 0.15) is 0 Å². The number of hydrogen-bond donors (Lipinski definition) is 2. The first-order chi connectivity index (χ1) is 8.63. The van der Waals surface area contributed by atoms with E-state index in [1.807, 2.05) is 0 Å². The number of rotatable bonds is 1. The summed E-state index contributed by atoms with van der Waals surface area (Å²) in [5.74, 6) is 0.325. The van der Waals surface area contributed by atoms with Crippen molar-refractivity contribution >= 4 is 33.2 Å². The van der Waals surface area contributed by atoms with Crippen molar-refractivity contribution in [3.63, 3.8) is 0 Å². The maximum Gasteiger partial charge on any atom is 0.124 e. The van der Waals surface area contributed by atoms with Gasteiger partial charge in [-0.1, -0.05) is 11.6 Å². The number of hydrogen-bond acceptors (Lipinski definition) is 4. The van der Waals surface area contributed by atoms with Gasteiger partial charge in [-0.3, -0.25) is 0 Å². The molecule has 18 heavy (non-hydrogen) atoms. The number of nitrogens with zero attached hydrogens (tertiary/aromatic N) is 1. The van der Waals surface area contributed by atoms with E-state index in [1.54, 1.807) is 30.3 Å². The minimum Gasteiger partial charge on any atom is -0.508 e. The van der Waals surface area contributed by atoms with E-state index >= 15 is 0 Å². The average Bonchev–Trinajstić information content (AvgIpc) is 2.74. The molecule has 0 bridgehead atoms. The summed E-state index contributed by atoms with van der Waals surface area (Å²) in [5, 5.41) is 20.0. The van der Waals surface area contributed by atoms with Crippen LogP contribution in [0.15, 0.2) is 36.4 Å². The summed E-state index contributed by atoms with van der Waals surface area (Å²) in [6.45, 7) is 0. The van der Waals surface area contributed by atoms with E-state index in [9.17, 15) is 10.2 Å². The van der Waals surface area contributed by atoms with Crippen LogP contribution in [0.5, 0.6) is 11.5 Å². The highest BCUT2D eigenvalue weighted by Crippen LogP contribution is 2.37. The number of halogens is 1. The van der Waals surface area contributed by atoms with Gasteiger partial charge in [0.05, 0.1) is 15.2 Å². The number of fused-ring (bicyclic) bond motifs is 1. The molecule has 90 valence electrons. The fourth-order valence-corrected chi connectivity index (χ4v) is 2.99. The zero-order valence-electron chi connectivity index (χ0n) is 9.09. The Morgan fingerprint density at radius 3 is 2.44 bits per heavy atom. The molecule has 0 atom stereocenters. The molecule has 0 saturated heterocycles. The van der Waals surface area contributed by atoms with E-state index in [0.717, 1.165) is 15.3 Å². The summed E-state index contributed by atoms with van der Waals surface area (Å²) in [7, 11) is 0. The lowest BCUT2D eigenvalue weighted by atomic mass is 10.2. The molecule has 0 aliphatic heterocycles. The second-order valence-corrected chi connectivity index (χ2v) is 5.25. The van der Waals surface area contributed by atoms with Gasteiger partial charge in [-0.05, 0) is 24.3 Å². The topological polar surface area (TPSA) is 53.4 Å². The number of aromatic nitrogens is 1. The lowest BCUT2D eigenvalue weighted by molar-refractivity contribution is 0.475. The van der Waals surface area contributed by atoms with Gasteiger partial charge in [-0.2, -0.15) is 0 Å². The third-order valence-electron chi connectivity index (χ3n) is 2.54. The van der Waals surface area contributed by atoms with Crippen molar-refractivity contribution in [1.29, 1.82) is 0 Å². The number of aromatic hydroxyl groups is 2. The minimum absolute atomic E-state index is 0.107. The van der Waals surface area contributed by atoms with Gasteiger partial charge in [-0.25, -0.2) is 4.98 Å². The van der Waals surface area contributed by atoms with Crippen LogP contribution in [0.3, 0.4) is 0 Å². The first-order valence-corrected chi connectivity index (χ1v) is 6.41. The standard InChI is InChI=1S/C13H8ClNO2S/c14-10-5-9(17)6-11-12(10)18-13(15-11)7-1-3-8(16)4-2-7/h1-6,16-17H. The Morgan fingerprint density at radius 2 is 1.72 bits per heavy atom. The molecule has 0 amide bonds. The quantitative estimate of drug-likeness (QED) is 0.706. The van der Waals surface area contributed by atoms with Gasteiger partial charge in [0.15, 0.2) is 0 Å². The van der Waals surface area contributed by atoms with Crippen molar-refractivity contribution in [2.45, 2.75) is 0 Å². The summed E-state index contributed by atoms with van der Waals surface area (Å²) in [5.41, 5.74) is 1.58. The molecule has 3 nitrogen and oxygen atoms in total. The highest BCUT2D eigenvalue weighted by molar-refractivity contribution is 7.22. The SMILES string of the molecule is Oc1ccc(-c2nc3cc(O)cc(Cl)c3s2)cc1. The Morgan fingerprint density at radius 1 is 1.00 bits per heavy atom. The number of phenols is 2. The third-order valence-corrected chi connectivity index (χ3v) is 4.11. The largest absolute Gasteiger partial charge is 0.508 e. The van der Waals surface area contributed by atoms with E-state index < -0.39 is 0 Å². The van der Waals surface area contributed by atoms with Crippen LogP contribution >= 0.6 is 22.9 Å². The Labute approximate surface area is 112 Å². The molecule has 1 aromatic heterocycles. The lowest BCUT2D eigenvalue weighted by Gasteiger charge is -1.95. The second kappa shape index (κ2) is 4.15. The fraction of sp³-hybridized carbons (Fsp3) is 0. The summed E-state index contributed by atoms with van der Waals surface area (Å²) in [6, 6.07) is 9.90. The maximum atomic E-state index is 9.47. The van der Waals surface area contributed by atoms with Crippen LogP contribution < -0.4 is 0 Å². The van der Waals surface area contributed by atoms with Crippen molar-refractivity contribution in [2.24, 2.45) is 0 Å². The smallest absolute Gasteiger partial charge is 0.124 e. The van der Waals surface area contributed by atoms with Crippen LogP contribution in [0.4, 0.5) is 0 Å². The summed E-state index contributed by atoms with van der Waals surface area (Å²) >= 11 is 7.51. The van der Waals surface area contributed by atoms with Crippen molar-refractivity contribution in [1.82, 2.24) is 4.98 Å². The number of benzene rings is 2. The molecule has 0 saturated carbocycles. The predicted octanol–water partition coefficient (Wildman–Crippen LogP) is 4.03. The molecule has 0 spiro atoms. The van der Waals surface area contributed by atoms with Crippen molar-refractivity contribution in [3.05, 3.63) is 41.4 Å². The van der Waals surface area contributed by atoms with Gasteiger partial charge in [-0.15, -0.1) is 11.3 Å². The molecule has 3 rings (SSSR count). The van der Waals surface area contributed by atoms with Crippen LogP contribution in [-0.4, -0.2) is 15.2 Å². The van der Waals surface area contributed by atoms with Crippen LogP contribution in [0, 0.1) is 0 Å². The highest BCUT2D eigenvalue weighted by atomic mass is 35.5. The third kappa shape index (κ3) is 1.89. The van der Waals surface area contributed by atoms with Gasteiger partial charge < -0.3 is 10.2 Å². The molecular formula is C13H8ClNO2S. The molecule has 5 heteroatoms. The first-order valence-electron chi connectivity index (χ1n) is 5.22. The molecule has 2 N–H and O–H groups in total. The van der Waals surface area contributed by atoms with Gasteiger partial charge in [0, 0.05) is 17.7 Å². The first kappa shape index (κ1) is 11.3. The van der Waals surface area contributed by atoms with E-state index in [2.05, 4.69) is 4.98 Å². The molecule has 2 aromatic carbocycles. The predicted molar refractivity (Wildman–Crippen MR) is 73.4 cm³/mol. The molecule has 3 aromatic rings. The molecule has 0 fully saturated rings. The van der Waals surface area contributed by atoms with Gasteiger partial charge in [0.1, 0.15) is 16.5 Å². The minimum atomic E-state index is 0.107. The van der Waals surface area contributed by atoms with E-state index in [0.29, 0.717) is 10.5 Å². The normalized spacial score (nSPS) is 10.9. The number of phenolic OH excluding ortho intramolecular Hbond substituents is 2. The molecular weight excluding hydrogens is 270 g/mol. The monoisotopic (exact) mass is 277 g/mol. The van der Waals surface area contributed by atoms with Crippen molar-refractivity contribution in [3.8, 4) is 22.1 Å². The Balaban J connectivity index is 2.19. The molecule has 0 aliphatic rings. The maximum absolute atomic E-state index is 9.47. The van der Waals surface area contributed by atoms with Crippen LogP contribution in [0.2, 0.25) is 5.02 Å². The van der Waals surface area contributed by atoms with Crippen LogP contribution in [0.25, 0.3) is 20.8 Å². The molecule has 0 radical (unpaired) electrons. The van der Waals surface area contributed by atoms with Crippen molar-refractivity contribution < 1.29 is 10.2 Å². The van der Waals surface area contributed by atoms with E-state index in [1.165, 1.54) is 17.4 Å². The Kier molecular flexibility index (Phi) is 2.61. The Bertz CT molecular complexity index is 722. The summed E-state index contributed by atoms with van der Waals surface area (Å²) < 4.78 is 0.845. The van der Waals surface area contributed by atoms with E-state index in [4.69, 9.17) is 11.6 Å². The zero-order chi connectivity index (χ0) is 12.7. The van der Waals surface area contributed by atoms with Crippen LogP contribution in [-0.2, 0) is 0 Å². The van der Waals surface area contributed by atoms with Gasteiger partial charge >= 0.3 is 0 Å². The van der Waals surface area contributed by atoms with Crippen molar-refractivity contribution in [2.75, 3.05) is 0 Å². The molecule has 0 aliphatic carbocycles. The zero-order valence-corrected chi connectivity index (χ0v) is 10.7. The van der Waals surface area contributed by atoms with Gasteiger partial charge in [0.2, 0.25) is 0 Å².